The van der Waals surface area contributed by atoms with Gasteiger partial charge >= 0.3 is 14.1 Å². The van der Waals surface area contributed by atoms with Gasteiger partial charge in [0.15, 0.2) is 0 Å². The number of nitrogens with one attached hydrogen (secondary N) is 1. The highest BCUT2D eigenvalue weighted by atomic mass is 31.1. The summed E-state index contributed by atoms with van der Waals surface area (Å²) in [5.74, 6) is 0. The second-order valence-corrected chi connectivity index (χ2v) is 5.98. The molecule has 0 saturated heterocycles. The topological polar surface area (TPSA) is 75.6 Å². The molecule has 0 aromatic carbocycles. The van der Waals surface area contributed by atoms with E-state index >= 15 is 0 Å². The molecule has 6 heteroatoms. The third kappa shape index (κ3) is 5.29. The fourth-order valence-corrected chi connectivity index (χ4v) is 3.01. The van der Waals surface area contributed by atoms with E-state index in [1.807, 2.05) is 19.9 Å². The minimum absolute atomic E-state index is 0.0758. The number of carbonyl (C=O) groups excluding carboxylic acids is 1. The molecule has 0 heterocycles. The zero-order valence-corrected chi connectivity index (χ0v) is 12.5. The van der Waals surface area contributed by atoms with Gasteiger partial charge in [0.05, 0.1) is 12.6 Å². The molecule has 3 atom stereocenters. The molecule has 3 unspecified atom stereocenters. The number of amides is 1. The van der Waals surface area contributed by atoms with Crippen LogP contribution in [0.4, 0.5) is 4.79 Å². The Morgan fingerprint density at radius 1 is 1.63 bits per heavy atom. The van der Waals surface area contributed by atoms with Crippen molar-refractivity contribution in [2.45, 2.75) is 57.7 Å². The maximum absolute atomic E-state index is 11.5. The number of hydrogen-bond acceptors (Lipinski definition) is 3. The molecule has 1 rings (SSSR count). The van der Waals surface area contributed by atoms with Gasteiger partial charge in [0.25, 0.3) is 0 Å². The first-order chi connectivity index (χ1) is 9.08. The van der Waals surface area contributed by atoms with Crippen molar-refractivity contribution in [1.29, 1.82) is 0 Å². The van der Waals surface area contributed by atoms with Crippen LogP contribution >= 0.6 is 8.03 Å². The molecule has 0 fully saturated rings. The number of ether oxygens (including phenoxy) is 1. The molecular formula is C13H23NO4P+. The Hall–Kier alpha value is -0.930. The van der Waals surface area contributed by atoms with Gasteiger partial charge in [-0.3, -0.25) is 0 Å². The number of unbranched alkanes of at least 4 members (excludes halogenated alkanes) is 1. The largest absolute Gasteiger partial charge is 0.513 e. The molecule has 2 N–H and O–H groups in total. The lowest BCUT2D eigenvalue weighted by Gasteiger charge is -2.10. The number of alkyl carbamates (subject to hydrolysis) is 1. The summed E-state index contributed by atoms with van der Waals surface area (Å²) in [6, 6.07) is -0.0758. The number of allylic oxidation sites excluding steroid dienone is 1. The second-order valence-electron chi connectivity index (χ2n) is 4.75. The fraction of sp³-hybridized carbons (Fsp3) is 0.769. The van der Waals surface area contributed by atoms with Crippen molar-refractivity contribution in [3.05, 3.63) is 11.6 Å². The first-order valence-corrected chi connectivity index (χ1v) is 8.15. The van der Waals surface area contributed by atoms with Crippen LogP contribution in [0.2, 0.25) is 0 Å². The highest BCUT2D eigenvalue weighted by molar-refractivity contribution is 7.39. The molecule has 0 radical (unpaired) electrons. The SMILES string of the molecule is CCCCOC(=O)NC1C=C(C(CC)[P+](=O)O)CC1. The van der Waals surface area contributed by atoms with Crippen LogP contribution in [-0.2, 0) is 9.30 Å². The van der Waals surface area contributed by atoms with Gasteiger partial charge in [0, 0.05) is 0 Å². The number of carbonyl (C=O) groups is 1. The van der Waals surface area contributed by atoms with Gasteiger partial charge < -0.3 is 10.1 Å². The third-order valence-corrected chi connectivity index (χ3v) is 4.50. The van der Waals surface area contributed by atoms with E-state index in [2.05, 4.69) is 5.32 Å². The molecule has 1 aliphatic carbocycles. The molecule has 0 aromatic rings. The zero-order valence-electron chi connectivity index (χ0n) is 11.6. The first-order valence-electron chi connectivity index (χ1n) is 6.87. The summed E-state index contributed by atoms with van der Waals surface area (Å²) in [6.07, 6.45) is 5.53. The molecule has 19 heavy (non-hydrogen) atoms. The minimum atomic E-state index is -2.19. The lowest BCUT2D eigenvalue weighted by Crippen LogP contribution is -2.32. The maximum atomic E-state index is 11.5. The van der Waals surface area contributed by atoms with E-state index in [1.54, 1.807) is 0 Å². The van der Waals surface area contributed by atoms with Crippen LogP contribution in [0.15, 0.2) is 11.6 Å². The highest BCUT2D eigenvalue weighted by Crippen LogP contribution is 2.36. The van der Waals surface area contributed by atoms with Crippen molar-refractivity contribution in [3.63, 3.8) is 0 Å². The van der Waals surface area contributed by atoms with Crippen LogP contribution in [-0.4, -0.2) is 29.3 Å². The van der Waals surface area contributed by atoms with E-state index in [1.165, 1.54) is 0 Å². The average Bonchev–Trinajstić information content (AvgIpc) is 2.78. The Morgan fingerprint density at radius 2 is 2.37 bits per heavy atom. The minimum Gasteiger partial charge on any atom is -0.450 e. The summed E-state index contributed by atoms with van der Waals surface area (Å²) in [7, 11) is -2.19. The van der Waals surface area contributed by atoms with Crippen molar-refractivity contribution in [1.82, 2.24) is 5.32 Å². The quantitative estimate of drug-likeness (QED) is 0.429. The Kier molecular flexibility index (Phi) is 7.03. The Balaban J connectivity index is 2.43. The predicted molar refractivity (Wildman–Crippen MR) is 74.4 cm³/mol. The zero-order chi connectivity index (χ0) is 14.3. The lowest BCUT2D eigenvalue weighted by atomic mass is 10.1. The van der Waals surface area contributed by atoms with Crippen molar-refractivity contribution in [2.24, 2.45) is 0 Å². The summed E-state index contributed by atoms with van der Waals surface area (Å²) >= 11 is 0. The van der Waals surface area contributed by atoms with E-state index < -0.39 is 14.1 Å². The van der Waals surface area contributed by atoms with Crippen LogP contribution in [0.1, 0.15) is 46.0 Å². The van der Waals surface area contributed by atoms with Crippen LogP contribution in [0.25, 0.3) is 0 Å². The summed E-state index contributed by atoms with van der Waals surface area (Å²) in [5, 5.41) is 2.77. The van der Waals surface area contributed by atoms with Crippen LogP contribution in [0, 0.1) is 0 Å². The third-order valence-electron chi connectivity index (χ3n) is 3.27. The van der Waals surface area contributed by atoms with Gasteiger partial charge in [-0.1, -0.05) is 26.3 Å². The van der Waals surface area contributed by atoms with Crippen LogP contribution in [0.3, 0.4) is 0 Å². The number of hydrogen-bond donors (Lipinski definition) is 2. The standard InChI is InChI=1S/C13H22NO4P/c1-3-5-8-18-13(15)14-11-7-6-10(9-11)12(4-2)19(16)17/h9,11-12H,3-8H2,1-2H3,(H-,14,15,16,17)/p+1. The van der Waals surface area contributed by atoms with Gasteiger partial charge in [0.1, 0.15) is 0 Å². The molecule has 5 nitrogen and oxygen atoms in total. The summed E-state index contributed by atoms with van der Waals surface area (Å²) in [4.78, 5) is 20.7. The van der Waals surface area contributed by atoms with E-state index in [0.29, 0.717) is 13.0 Å². The summed E-state index contributed by atoms with van der Waals surface area (Å²) in [6.45, 7) is 4.37. The molecule has 0 aromatic heterocycles. The van der Waals surface area contributed by atoms with Crippen molar-refractivity contribution in [3.8, 4) is 0 Å². The molecular weight excluding hydrogens is 265 g/mol. The predicted octanol–water partition coefficient (Wildman–Crippen LogP) is 3.11. The molecule has 0 spiro atoms. The van der Waals surface area contributed by atoms with E-state index in [0.717, 1.165) is 31.3 Å². The Labute approximate surface area is 115 Å². The second kappa shape index (κ2) is 8.28. The highest BCUT2D eigenvalue weighted by Gasteiger charge is 2.34. The van der Waals surface area contributed by atoms with Gasteiger partial charge in [0.2, 0.25) is 5.66 Å². The van der Waals surface area contributed by atoms with Gasteiger partial charge in [-0.15, -0.1) is 0 Å². The average molecular weight is 288 g/mol. The van der Waals surface area contributed by atoms with Crippen LogP contribution in [0.5, 0.6) is 0 Å². The summed E-state index contributed by atoms with van der Waals surface area (Å²) < 4.78 is 16.2. The first kappa shape index (κ1) is 16.1. The van der Waals surface area contributed by atoms with Crippen molar-refractivity contribution < 1.29 is 19.0 Å². The van der Waals surface area contributed by atoms with E-state index in [9.17, 15) is 14.3 Å². The molecule has 0 saturated carbocycles. The smallest absolute Gasteiger partial charge is 0.450 e. The Bertz CT molecular complexity index is 357. The molecule has 0 aliphatic heterocycles. The lowest BCUT2D eigenvalue weighted by molar-refractivity contribution is 0.142. The van der Waals surface area contributed by atoms with E-state index in [-0.39, 0.29) is 11.7 Å². The maximum Gasteiger partial charge on any atom is 0.513 e. The summed E-state index contributed by atoms with van der Waals surface area (Å²) in [5.41, 5.74) is 0.697. The normalized spacial score (nSPS) is 20.7. The van der Waals surface area contributed by atoms with E-state index in [4.69, 9.17) is 4.74 Å². The van der Waals surface area contributed by atoms with Crippen molar-refractivity contribution >= 4 is 14.1 Å². The molecule has 108 valence electrons. The molecule has 0 bridgehead atoms. The molecule has 1 amide bonds. The van der Waals surface area contributed by atoms with Gasteiger partial charge in [-0.05, 0) is 35.8 Å². The monoisotopic (exact) mass is 288 g/mol. The van der Waals surface area contributed by atoms with Gasteiger partial charge in [-0.2, -0.15) is 4.89 Å². The molecule has 1 aliphatic rings. The van der Waals surface area contributed by atoms with Crippen molar-refractivity contribution in [2.75, 3.05) is 6.61 Å². The van der Waals surface area contributed by atoms with Crippen LogP contribution < -0.4 is 5.32 Å². The Morgan fingerprint density at radius 3 is 2.95 bits per heavy atom. The number of rotatable bonds is 7. The fourth-order valence-electron chi connectivity index (χ4n) is 2.20. The van der Waals surface area contributed by atoms with Gasteiger partial charge in [-0.25, -0.2) is 4.79 Å².